The Morgan fingerprint density at radius 1 is 1.29 bits per heavy atom. The zero-order valence-corrected chi connectivity index (χ0v) is 14.6. The molecule has 1 fully saturated rings. The molecule has 132 valence electrons. The van der Waals surface area contributed by atoms with Crippen molar-refractivity contribution in [2.24, 2.45) is 0 Å². The quantitative estimate of drug-likeness (QED) is 0.784. The lowest BCUT2D eigenvalue weighted by Gasteiger charge is -2.21. The van der Waals surface area contributed by atoms with E-state index >= 15 is 0 Å². The van der Waals surface area contributed by atoms with Gasteiger partial charge in [-0.15, -0.1) is 0 Å². The summed E-state index contributed by atoms with van der Waals surface area (Å²) in [5.41, 5.74) is 0.910. The number of hydrogen-bond donors (Lipinski definition) is 1. The van der Waals surface area contributed by atoms with Crippen LogP contribution in [-0.2, 0) is 19.6 Å². The topological polar surface area (TPSA) is 92.8 Å². The fourth-order valence-corrected chi connectivity index (χ4v) is 3.72. The average molecular weight is 354 g/mol. The molecule has 1 aliphatic heterocycles. The van der Waals surface area contributed by atoms with Gasteiger partial charge in [0.1, 0.15) is 6.04 Å². The molecule has 1 heterocycles. The third kappa shape index (κ3) is 4.55. The molecule has 0 unspecified atom stereocenters. The average Bonchev–Trinajstić information content (AvgIpc) is 3.03. The number of nitrogens with zero attached hydrogens (tertiary/aromatic N) is 1. The van der Waals surface area contributed by atoms with Crippen LogP contribution in [0.2, 0.25) is 0 Å². The van der Waals surface area contributed by atoms with E-state index in [1.54, 1.807) is 24.3 Å². The summed E-state index contributed by atoms with van der Waals surface area (Å²) in [5, 5.41) is 2.70. The number of ether oxygens (including phenoxy) is 1. The summed E-state index contributed by atoms with van der Waals surface area (Å²) in [6.45, 7) is 2.63. The summed E-state index contributed by atoms with van der Waals surface area (Å²) in [5.74, 6) is -0.770. The Balaban J connectivity index is 2.01. The Morgan fingerprint density at radius 3 is 2.54 bits per heavy atom. The highest BCUT2D eigenvalue weighted by Gasteiger charge is 2.36. The predicted octanol–water partition coefficient (Wildman–Crippen LogP) is 1.62. The number of carbonyl (C=O) groups excluding carboxylic acids is 2. The highest BCUT2D eigenvalue weighted by molar-refractivity contribution is 7.88. The molecular weight excluding hydrogens is 332 g/mol. The van der Waals surface area contributed by atoms with E-state index < -0.39 is 22.0 Å². The molecule has 1 aliphatic rings. The normalized spacial score (nSPS) is 18.3. The molecule has 0 aliphatic carbocycles. The summed E-state index contributed by atoms with van der Waals surface area (Å²) in [4.78, 5) is 24.0. The van der Waals surface area contributed by atoms with Crippen molar-refractivity contribution in [3.8, 4) is 0 Å². The van der Waals surface area contributed by atoms with Gasteiger partial charge in [-0.05, 0) is 43.5 Å². The zero-order valence-electron chi connectivity index (χ0n) is 13.8. The van der Waals surface area contributed by atoms with E-state index in [4.69, 9.17) is 4.74 Å². The first-order valence-corrected chi connectivity index (χ1v) is 9.72. The van der Waals surface area contributed by atoms with Crippen LogP contribution in [0.15, 0.2) is 24.3 Å². The Labute approximate surface area is 142 Å². The van der Waals surface area contributed by atoms with Crippen LogP contribution in [0.3, 0.4) is 0 Å². The summed E-state index contributed by atoms with van der Waals surface area (Å²) < 4.78 is 29.7. The number of carbonyl (C=O) groups is 2. The van der Waals surface area contributed by atoms with Crippen LogP contribution in [0.25, 0.3) is 0 Å². The molecule has 0 aromatic heterocycles. The number of nitrogens with one attached hydrogen (secondary N) is 1. The second kappa shape index (κ2) is 7.76. The minimum absolute atomic E-state index is 0.360. The summed E-state index contributed by atoms with van der Waals surface area (Å²) in [7, 11) is -3.40. The van der Waals surface area contributed by atoms with E-state index in [2.05, 4.69) is 5.32 Å². The van der Waals surface area contributed by atoms with Gasteiger partial charge in [0, 0.05) is 12.2 Å². The smallest absolute Gasteiger partial charge is 0.338 e. The van der Waals surface area contributed by atoms with E-state index in [0.29, 0.717) is 37.2 Å². The molecule has 2 rings (SSSR count). The summed E-state index contributed by atoms with van der Waals surface area (Å²) >= 11 is 0. The van der Waals surface area contributed by atoms with Gasteiger partial charge >= 0.3 is 5.97 Å². The molecule has 7 nitrogen and oxygen atoms in total. The predicted molar refractivity (Wildman–Crippen MR) is 90.2 cm³/mol. The minimum atomic E-state index is -3.40. The van der Waals surface area contributed by atoms with E-state index in [-0.39, 0.29) is 5.91 Å². The molecule has 1 saturated heterocycles. The molecule has 1 N–H and O–H groups in total. The van der Waals surface area contributed by atoms with Gasteiger partial charge in [-0.1, -0.05) is 6.92 Å². The van der Waals surface area contributed by atoms with Crippen molar-refractivity contribution in [3.63, 3.8) is 0 Å². The second-order valence-electron chi connectivity index (χ2n) is 5.73. The molecular formula is C16H22N2O5S. The van der Waals surface area contributed by atoms with Gasteiger partial charge in [0.15, 0.2) is 0 Å². The van der Waals surface area contributed by atoms with Gasteiger partial charge in [-0.2, -0.15) is 4.31 Å². The van der Waals surface area contributed by atoms with Gasteiger partial charge < -0.3 is 10.1 Å². The molecule has 0 spiro atoms. The summed E-state index contributed by atoms with van der Waals surface area (Å²) in [6, 6.07) is 5.64. The summed E-state index contributed by atoms with van der Waals surface area (Å²) in [6.07, 6.45) is 3.01. The molecule has 1 aromatic carbocycles. The van der Waals surface area contributed by atoms with Gasteiger partial charge in [0.05, 0.1) is 18.4 Å². The Hall–Kier alpha value is -1.93. The van der Waals surface area contributed by atoms with E-state index in [1.165, 1.54) is 4.31 Å². The fourth-order valence-electron chi connectivity index (χ4n) is 2.59. The lowest BCUT2D eigenvalue weighted by atomic mass is 10.2. The monoisotopic (exact) mass is 354 g/mol. The maximum Gasteiger partial charge on any atom is 0.338 e. The molecule has 1 atom stereocenters. The van der Waals surface area contributed by atoms with Crippen LogP contribution in [0.1, 0.15) is 36.5 Å². The highest BCUT2D eigenvalue weighted by Crippen LogP contribution is 2.22. The van der Waals surface area contributed by atoms with E-state index in [1.807, 2.05) is 6.92 Å². The third-order valence-electron chi connectivity index (χ3n) is 3.76. The van der Waals surface area contributed by atoms with Crippen molar-refractivity contribution in [2.75, 3.05) is 24.7 Å². The van der Waals surface area contributed by atoms with Gasteiger partial charge in [0.2, 0.25) is 15.9 Å². The highest BCUT2D eigenvalue weighted by atomic mass is 32.2. The maximum atomic E-state index is 12.3. The lowest BCUT2D eigenvalue weighted by molar-refractivity contribution is -0.119. The molecule has 0 radical (unpaired) electrons. The first-order valence-electron chi connectivity index (χ1n) is 7.88. The molecule has 0 bridgehead atoms. The minimum Gasteiger partial charge on any atom is -0.462 e. The Bertz CT molecular complexity index is 700. The van der Waals surface area contributed by atoms with Crippen molar-refractivity contribution in [1.29, 1.82) is 0 Å². The first-order chi connectivity index (χ1) is 11.3. The lowest BCUT2D eigenvalue weighted by Crippen LogP contribution is -2.42. The van der Waals surface area contributed by atoms with Crippen LogP contribution >= 0.6 is 0 Å². The van der Waals surface area contributed by atoms with Crippen LogP contribution in [-0.4, -0.2) is 50.0 Å². The van der Waals surface area contributed by atoms with Crippen molar-refractivity contribution < 1.29 is 22.7 Å². The zero-order chi connectivity index (χ0) is 17.7. The van der Waals surface area contributed by atoms with Crippen LogP contribution in [0.4, 0.5) is 5.69 Å². The van der Waals surface area contributed by atoms with Crippen molar-refractivity contribution in [2.45, 2.75) is 32.2 Å². The number of esters is 1. The second-order valence-corrected chi connectivity index (χ2v) is 7.67. The SMILES string of the molecule is CCCOC(=O)c1ccc(NC(=O)[C@H]2CCCN2S(C)(=O)=O)cc1. The molecule has 1 aromatic rings. The number of rotatable bonds is 6. The molecule has 1 amide bonds. The molecule has 8 heteroatoms. The maximum absolute atomic E-state index is 12.3. The van der Waals surface area contributed by atoms with Crippen molar-refractivity contribution in [3.05, 3.63) is 29.8 Å². The third-order valence-corrected chi connectivity index (χ3v) is 5.05. The van der Waals surface area contributed by atoms with Gasteiger partial charge in [-0.3, -0.25) is 4.79 Å². The van der Waals surface area contributed by atoms with Gasteiger partial charge in [-0.25, -0.2) is 13.2 Å². The fraction of sp³-hybridized carbons (Fsp3) is 0.500. The van der Waals surface area contributed by atoms with Gasteiger partial charge in [0.25, 0.3) is 0 Å². The van der Waals surface area contributed by atoms with Crippen LogP contribution in [0.5, 0.6) is 0 Å². The Kier molecular flexibility index (Phi) is 5.95. The molecule has 24 heavy (non-hydrogen) atoms. The number of hydrogen-bond acceptors (Lipinski definition) is 5. The Morgan fingerprint density at radius 2 is 1.96 bits per heavy atom. The van der Waals surface area contributed by atoms with Crippen molar-refractivity contribution in [1.82, 2.24) is 4.31 Å². The van der Waals surface area contributed by atoms with E-state index in [0.717, 1.165) is 12.7 Å². The van der Waals surface area contributed by atoms with Crippen LogP contribution in [0, 0.1) is 0 Å². The first kappa shape index (κ1) is 18.4. The van der Waals surface area contributed by atoms with Crippen LogP contribution < -0.4 is 5.32 Å². The van der Waals surface area contributed by atoms with E-state index in [9.17, 15) is 18.0 Å². The number of amides is 1. The number of benzene rings is 1. The molecule has 0 saturated carbocycles. The number of anilines is 1. The standard InChI is InChI=1S/C16H22N2O5S/c1-3-11-23-16(20)12-6-8-13(9-7-12)17-15(19)14-5-4-10-18(14)24(2,21)22/h6-9,14H,3-5,10-11H2,1-2H3,(H,17,19)/t14-/m1/s1. The largest absolute Gasteiger partial charge is 0.462 e. The van der Waals surface area contributed by atoms with Crippen molar-refractivity contribution >= 4 is 27.6 Å². The number of sulfonamides is 1.